The molecule has 1 aromatic heterocycles. The fourth-order valence-electron chi connectivity index (χ4n) is 4.39. The third kappa shape index (κ3) is 4.66. The molecule has 1 unspecified atom stereocenters. The number of nitrogens with zero attached hydrogens (tertiary/aromatic N) is 2. The molecule has 162 valence electrons. The molecule has 4 rings (SSSR count). The van der Waals surface area contributed by atoms with Gasteiger partial charge in [-0.3, -0.25) is 0 Å². The van der Waals surface area contributed by atoms with Crippen molar-refractivity contribution in [2.45, 2.75) is 19.4 Å². The van der Waals surface area contributed by atoms with Crippen LogP contribution in [0.5, 0.6) is 0 Å². The van der Waals surface area contributed by atoms with Gasteiger partial charge < -0.3 is 9.47 Å². The summed E-state index contributed by atoms with van der Waals surface area (Å²) < 4.78 is 26.6. The minimum absolute atomic E-state index is 0.132. The molecule has 31 heavy (non-hydrogen) atoms. The summed E-state index contributed by atoms with van der Waals surface area (Å²) in [6.07, 6.45) is 0. The summed E-state index contributed by atoms with van der Waals surface area (Å²) in [4.78, 5) is 2.17. The number of benzene rings is 3. The number of hydrogen-bond acceptors (Lipinski definition) is 3. The first kappa shape index (κ1) is 21.6. The van der Waals surface area contributed by atoms with Crippen molar-refractivity contribution in [1.29, 1.82) is 0 Å². The first-order valence-corrected chi connectivity index (χ1v) is 12.2. The molecule has 0 saturated carbocycles. The second kappa shape index (κ2) is 8.46. The van der Waals surface area contributed by atoms with Crippen LogP contribution in [0.3, 0.4) is 0 Å². The van der Waals surface area contributed by atoms with Crippen molar-refractivity contribution in [3.63, 3.8) is 0 Å². The molecule has 0 radical (unpaired) electrons. The molecular formula is C25H29N3O2S. The molecule has 0 spiro atoms. The van der Waals surface area contributed by atoms with Gasteiger partial charge in [-0.2, -0.15) is 0 Å². The Morgan fingerprint density at radius 2 is 1.71 bits per heavy atom. The van der Waals surface area contributed by atoms with Crippen molar-refractivity contribution in [3.8, 4) is 0 Å². The lowest BCUT2D eigenvalue weighted by Crippen LogP contribution is -2.23. The van der Waals surface area contributed by atoms with E-state index in [0.717, 1.165) is 45.9 Å². The van der Waals surface area contributed by atoms with Gasteiger partial charge in [-0.05, 0) is 61.1 Å². The van der Waals surface area contributed by atoms with Gasteiger partial charge in [0.15, 0.2) is 0 Å². The molecule has 5 nitrogen and oxygen atoms in total. The van der Waals surface area contributed by atoms with Crippen molar-refractivity contribution < 1.29 is 8.42 Å². The smallest absolute Gasteiger partial charge is 0.210 e. The van der Waals surface area contributed by atoms with E-state index >= 15 is 0 Å². The van der Waals surface area contributed by atoms with Crippen molar-refractivity contribution in [2.24, 2.45) is 5.14 Å². The first-order chi connectivity index (χ1) is 14.7. The first-order valence-electron chi connectivity index (χ1n) is 10.5. The normalized spacial score (nSPS) is 13.3. The second-order valence-corrected chi connectivity index (χ2v) is 10.2. The summed E-state index contributed by atoms with van der Waals surface area (Å²) in [7, 11) is 0.468. The van der Waals surface area contributed by atoms with Crippen LogP contribution >= 0.6 is 0 Å². The van der Waals surface area contributed by atoms with Gasteiger partial charge in [-0.25, -0.2) is 13.6 Å². The number of sulfonamides is 1. The van der Waals surface area contributed by atoms with Crippen LogP contribution in [0.2, 0.25) is 0 Å². The van der Waals surface area contributed by atoms with Gasteiger partial charge in [0.05, 0.1) is 5.75 Å². The van der Waals surface area contributed by atoms with Crippen molar-refractivity contribution in [2.75, 3.05) is 26.4 Å². The number of aryl methyl sites for hydroxylation is 1. The van der Waals surface area contributed by atoms with E-state index in [0.29, 0.717) is 0 Å². The highest BCUT2D eigenvalue weighted by atomic mass is 32.2. The maximum Gasteiger partial charge on any atom is 0.210 e. The molecule has 4 aromatic rings. The third-order valence-corrected chi connectivity index (χ3v) is 6.70. The number of primary sulfonamides is 1. The van der Waals surface area contributed by atoms with Crippen LogP contribution in [0.4, 0.5) is 0 Å². The van der Waals surface area contributed by atoms with Gasteiger partial charge in [-0.15, -0.1) is 0 Å². The molecule has 0 aliphatic carbocycles. The van der Waals surface area contributed by atoms with Crippen LogP contribution in [0.1, 0.15) is 22.7 Å². The number of rotatable bonds is 7. The fraction of sp³-hybridized carbons (Fsp3) is 0.280. The Bertz CT molecular complexity index is 1330. The van der Waals surface area contributed by atoms with Gasteiger partial charge in [0.1, 0.15) is 0 Å². The molecule has 0 aliphatic rings. The second-order valence-electron chi connectivity index (χ2n) is 8.51. The van der Waals surface area contributed by atoms with E-state index in [1.165, 1.54) is 5.69 Å². The highest BCUT2D eigenvalue weighted by Crippen LogP contribution is 2.34. The molecule has 0 bridgehead atoms. The molecule has 0 fully saturated rings. The number of aromatic nitrogens is 1. The predicted octanol–water partition coefficient (Wildman–Crippen LogP) is 4.08. The van der Waals surface area contributed by atoms with Gasteiger partial charge in [0.2, 0.25) is 10.0 Å². The largest absolute Gasteiger partial charge is 0.344 e. The van der Waals surface area contributed by atoms with E-state index in [9.17, 15) is 8.42 Å². The molecule has 2 N–H and O–H groups in total. The Hall–Kier alpha value is -2.67. The van der Waals surface area contributed by atoms with Crippen molar-refractivity contribution >= 4 is 31.7 Å². The van der Waals surface area contributed by atoms with Crippen LogP contribution in [0.25, 0.3) is 21.7 Å². The average molecular weight is 436 g/mol. The number of hydrogen-bond donors (Lipinski definition) is 1. The quantitative estimate of drug-likeness (QED) is 0.475. The standard InChI is InChI=1S/C25H29N3O2S/c1-18-15-21-16-20(11-12-25(21)28(18)14-13-27(2)3)24(17-31(26,29)30)23-10-6-8-19-7-4-5-9-22(19)23/h4-12,15-16,24H,13-14,17H2,1-3H3,(H2,26,29,30). The zero-order valence-electron chi connectivity index (χ0n) is 18.2. The molecule has 1 atom stereocenters. The molecule has 1 heterocycles. The van der Waals surface area contributed by atoms with Gasteiger partial charge >= 0.3 is 0 Å². The number of fused-ring (bicyclic) bond motifs is 2. The SMILES string of the molecule is Cc1cc2cc(C(CS(N)(=O)=O)c3cccc4ccccc34)ccc2n1CCN(C)C. The highest BCUT2D eigenvalue weighted by Gasteiger charge is 2.22. The van der Waals surface area contributed by atoms with E-state index in [1.807, 2.05) is 48.5 Å². The summed E-state index contributed by atoms with van der Waals surface area (Å²) in [5.74, 6) is -0.469. The average Bonchev–Trinajstić information content (AvgIpc) is 3.03. The summed E-state index contributed by atoms with van der Waals surface area (Å²) in [5.41, 5.74) is 4.30. The van der Waals surface area contributed by atoms with Gasteiger partial charge in [0, 0.05) is 35.6 Å². The van der Waals surface area contributed by atoms with E-state index in [1.54, 1.807) is 0 Å². The van der Waals surface area contributed by atoms with Crippen LogP contribution in [0, 0.1) is 6.92 Å². The van der Waals surface area contributed by atoms with Crippen LogP contribution in [0.15, 0.2) is 66.7 Å². The predicted molar refractivity (Wildman–Crippen MR) is 129 cm³/mol. The number of likely N-dealkylation sites (N-methyl/N-ethyl adjacent to an activating group) is 1. The fourth-order valence-corrected chi connectivity index (χ4v) is 5.23. The van der Waals surface area contributed by atoms with Gasteiger partial charge in [0.25, 0.3) is 0 Å². The minimum Gasteiger partial charge on any atom is -0.344 e. The van der Waals surface area contributed by atoms with Gasteiger partial charge in [-0.1, -0.05) is 48.5 Å². The molecular weight excluding hydrogens is 406 g/mol. The Kier molecular flexibility index (Phi) is 5.88. The molecule has 3 aromatic carbocycles. The zero-order valence-corrected chi connectivity index (χ0v) is 19.1. The summed E-state index contributed by atoms with van der Waals surface area (Å²) in [5, 5.41) is 8.79. The summed E-state index contributed by atoms with van der Waals surface area (Å²) in [6.45, 7) is 3.98. The minimum atomic E-state index is -3.67. The Balaban J connectivity index is 1.84. The lowest BCUT2D eigenvalue weighted by molar-refractivity contribution is 0.385. The Labute approximate surface area is 184 Å². The van der Waals surface area contributed by atoms with E-state index in [-0.39, 0.29) is 11.7 Å². The maximum absolute atomic E-state index is 12.2. The van der Waals surface area contributed by atoms with E-state index < -0.39 is 10.0 Å². The third-order valence-electron chi connectivity index (χ3n) is 5.90. The number of nitrogens with two attached hydrogens (primary N) is 1. The van der Waals surface area contributed by atoms with Crippen LogP contribution in [-0.2, 0) is 16.6 Å². The van der Waals surface area contributed by atoms with Crippen LogP contribution < -0.4 is 5.14 Å². The van der Waals surface area contributed by atoms with Crippen molar-refractivity contribution in [1.82, 2.24) is 9.47 Å². The van der Waals surface area contributed by atoms with E-state index in [2.05, 4.69) is 48.7 Å². The lowest BCUT2D eigenvalue weighted by Gasteiger charge is -2.20. The lowest BCUT2D eigenvalue weighted by atomic mass is 9.88. The Morgan fingerprint density at radius 1 is 0.968 bits per heavy atom. The molecule has 0 saturated heterocycles. The maximum atomic E-state index is 12.2. The highest BCUT2D eigenvalue weighted by molar-refractivity contribution is 7.89. The summed E-state index contributed by atoms with van der Waals surface area (Å²) >= 11 is 0. The summed E-state index contributed by atoms with van der Waals surface area (Å²) in [6, 6.07) is 22.5. The molecule has 6 heteroatoms. The monoisotopic (exact) mass is 435 g/mol. The topological polar surface area (TPSA) is 68.3 Å². The molecule has 0 amide bonds. The molecule has 0 aliphatic heterocycles. The van der Waals surface area contributed by atoms with E-state index in [4.69, 9.17) is 5.14 Å². The van der Waals surface area contributed by atoms with Crippen molar-refractivity contribution in [3.05, 3.63) is 83.6 Å². The Morgan fingerprint density at radius 3 is 2.45 bits per heavy atom. The van der Waals surface area contributed by atoms with Crippen LogP contribution in [-0.4, -0.2) is 44.3 Å². The zero-order chi connectivity index (χ0) is 22.2.